The maximum Gasteiger partial charge on any atom is 0.112 e. The minimum atomic E-state index is 0.482. The molecule has 78 valence electrons. The van der Waals surface area contributed by atoms with Gasteiger partial charge in [0.15, 0.2) is 0 Å². The molecule has 0 unspecified atom stereocenters. The van der Waals surface area contributed by atoms with Crippen LogP contribution in [0.2, 0.25) is 0 Å². The largest absolute Gasteiger partial charge is 0.173 e. The molecule has 2 rings (SSSR count). The number of benzene rings is 1. The highest BCUT2D eigenvalue weighted by atomic mass is 32.1. The third kappa shape index (κ3) is 1.67. The lowest BCUT2D eigenvalue weighted by Gasteiger charge is -2.08. The Morgan fingerprint density at radius 3 is 2.53 bits per heavy atom. The molecule has 0 fully saturated rings. The van der Waals surface area contributed by atoms with Gasteiger partial charge in [-0.15, -0.1) is 0 Å². The Hall–Kier alpha value is -1.22. The first-order valence-corrected chi connectivity index (χ1v) is 5.75. The summed E-state index contributed by atoms with van der Waals surface area (Å²) >= 11 is 1.27. The van der Waals surface area contributed by atoms with Gasteiger partial charge in [0.1, 0.15) is 11.0 Å². The maximum absolute atomic E-state index is 4.37. The Labute approximate surface area is 94.0 Å². The highest BCUT2D eigenvalue weighted by molar-refractivity contribution is 7.00. The van der Waals surface area contributed by atoms with E-state index in [1.165, 1.54) is 17.3 Å². The molecular formula is C12H14N2S. The van der Waals surface area contributed by atoms with Crippen LogP contribution in [0, 0.1) is 0 Å². The van der Waals surface area contributed by atoms with Crippen LogP contribution >= 0.6 is 11.7 Å². The van der Waals surface area contributed by atoms with E-state index in [1.807, 2.05) is 6.92 Å². The summed E-state index contributed by atoms with van der Waals surface area (Å²) in [6, 6.07) is 4.24. The zero-order valence-corrected chi connectivity index (χ0v) is 10.1. The quantitative estimate of drug-likeness (QED) is 0.765. The molecule has 1 heterocycles. The van der Waals surface area contributed by atoms with Crippen molar-refractivity contribution >= 4 is 28.3 Å². The third-order valence-electron chi connectivity index (χ3n) is 2.53. The fraction of sp³-hybridized carbons (Fsp3) is 0.333. The van der Waals surface area contributed by atoms with Crippen LogP contribution in [0.4, 0.5) is 0 Å². The lowest BCUT2D eigenvalue weighted by atomic mass is 9.97. The van der Waals surface area contributed by atoms with E-state index in [0.29, 0.717) is 5.92 Å². The number of aromatic nitrogens is 2. The summed E-state index contributed by atoms with van der Waals surface area (Å²) in [7, 11) is 0. The third-order valence-corrected chi connectivity index (χ3v) is 3.06. The van der Waals surface area contributed by atoms with E-state index >= 15 is 0 Å². The minimum Gasteiger partial charge on any atom is -0.173 e. The van der Waals surface area contributed by atoms with Crippen LogP contribution in [0.15, 0.2) is 18.7 Å². The monoisotopic (exact) mass is 218 g/mol. The number of nitrogens with zero attached hydrogens (tertiary/aromatic N) is 2. The zero-order valence-electron chi connectivity index (χ0n) is 9.24. The normalized spacial score (nSPS) is 11.2. The fourth-order valence-corrected chi connectivity index (χ4v) is 2.28. The molecule has 0 aliphatic carbocycles. The van der Waals surface area contributed by atoms with Gasteiger partial charge in [-0.25, -0.2) is 0 Å². The van der Waals surface area contributed by atoms with Gasteiger partial charge in [0.2, 0.25) is 0 Å². The van der Waals surface area contributed by atoms with Crippen molar-refractivity contribution in [2.45, 2.75) is 26.7 Å². The molecular weight excluding hydrogens is 204 g/mol. The van der Waals surface area contributed by atoms with Gasteiger partial charge in [-0.05, 0) is 24.0 Å². The molecule has 0 atom stereocenters. The Morgan fingerprint density at radius 1 is 1.27 bits per heavy atom. The number of fused-ring (bicyclic) bond motifs is 1. The molecule has 0 saturated carbocycles. The first kappa shape index (κ1) is 10.3. The Balaban J connectivity index is 2.76. The summed E-state index contributed by atoms with van der Waals surface area (Å²) in [4.78, 5) is 0. The van der Waals surface area contributed by atoms with Gasteiger partial charge in [-0.3, -0.25) is 0 Å². The average molecular weight is 218 g/mol. The van der Waals surface area contributed by atoms with Crippen LogP contribution in [0.3, 0.4) is 0 Å². The predicted octanol–water partition coefficient (Wildman–Crippen LogP) is 3.85. The molecule has 0 saturated heterocycles. The number of hydrogen-bond donors (Lipinski definition) is 0. The molecule has 1 aromatic heterocycles. The molecule has 0 aliphatic rings. The molecule has 0 spiro atoms. The topological polar surface area (TPSA) is 25.8 Å². The molecule has 1 aromatic carbocycles. The molecule has 0 N–H and O–H groups in total. The lowest BCUT2D eigenvalue weighted by Crippen LogP contribution is -1.91. The maximum atomic E-state index is 4.37. The molecule has 0 bridgehead atoms. The summed E-state index contributed by atoms with van der Waals surface area (Å²) in [5.41, 5.74) is 5.46. The van der Waals surface area contributed by atoms with Crippen LogP contribution < -0.4 is 0 Å². The van der Waals surface area contributed by atoms with Crippen molar-refractivity contribution in [3.05, 3.63) is 29.8 Å². The smallest absolute Gasteiger partial charge is 0.112 e. The summed E-state index contributed by atoms with van der Waals surface area (Å²) in [6.45, 7) is 10.3. The van der Waals surface area contributed by atoms with Crippen molar-refractivity contribution in [3.8, 4) is 0 Å². The van der Waals surface area contributed by atoms with Crippen LogP contribution in [0.1, 0.15) is 37.8 Å². The molecule has 2 nitrogen and oxygen atoms in total. The summed E-state index contributed by atoms with van der Waals surface area (Å²) in [6.07, 6.45) is 0. The minimum absolute atomic E-state index is 0.482. The van der Waals surface area contributed by atoms with Crippen LogP contribution in [0.25, 0.3) is 16.6 Å². The fourth-order valence-electron chi connectivity index (χ4n) is 1.70. The Kier molecular flexibility index (Phi) is 2.57. The summed E-state index contributed by atoms with van der Waals surface area (Å²) in [5, 5.41) is 0. The predicted molar refractivity (Wildman–Crippen MR) is 66.2 cm³/mol. The molecule has 0 amide bonds. The van der Waals surface area contributed by atoms with E-state index in [9.17, 15) is 0 Å². The van der Waals surface area contributed by atoms with Gasteiger partial charge in [0.05, 0.1) is 11.7 Å². The van der Waals surface area contributed by atoms with E-state index in [0.717, 1.165) is 22.2 Å². The van der Waals surface area contributed by atoms with Crippen molar-refractivity contribution in [1.82, 2.24) is 8.75 Å². The SMILES string of the molecule is C=C(C)c1ccc(C(C)C)c2nsnc12. The van der Waals surface area contributed by atoms with Crippen LogP contribution in [-0.2, 0) is 0 Å². The van der Waals surface area contributed by atoms with E-state index in [-0.39, 0.29) is 0 Å². The van der Waals surface area contributed by atoms with Gasteiger partial charge in [0, 0.05) is 5.56 Å². The van der Waals surface area contributed by atoms with E-state index in [2.05, 4.69) is 41.3 Å². The van der Waals surface area contributed by atoms with Crippen molar-refractivity contribution in [2.75, 3.05) is 0 Å². The second kappa shape index (κ2) is 3.74. The number of allylic oxidation sites excluding steroid dienone is 1. The van der Waals surface area contributed by atoms with Crippen molar-refractivity contribution in [2.24, 2.45) is 0 Å². The molecule has 15 heavy (non-hydrogen) atoms. The second-order valence-electron chi connectivity index (χ2n) is 4.10. The zero-order chi connectivity index (χ0) is 11.0. The standard InChI is InChI=1S/C12H14N2S/c1-7(2)9-5-6-10(8(3)4)12-11(9)13-15-14-12/h5-6,8H,1H2,2-4H3. The first-order chi connectivity index (χ1) is 7.11. The van der Waals surface area contributed by atoms with Gasteiger partial charge in [-0.2, -0.15) is 8.75 Å². The summed E-state index contributed by atoms with van der Waals surface area (Å²) < 4.78 is 8.73. The Morgan fingerprint density at radius 2 is 1.93 bits per heavy atom. The van der Waals surface area contributed by atoms with E-state index in [4.69, 9.17) is 0 Å². The van der Waals surface area contributed by atoms with Gasteiger partial charge < -0.3 is 0 Å². The van der Waals surface area contributed by atoms with Crippen LogP contribution in [-0.4, -0.2) is 8.75 Å². The number of hydrogen-bond acceptors (Lipinski definition) is 3. The summed E-state index contributed by atoms with van der Waals surface area (Å²) in [5.74, 6) is 0.482. The van der Waals surface area contributed by atoms with Gasteiger partial charge in [0.25, 0.3) is 0 Å². The lowest BCUT2D eigenvalue weighted by molar-refractivity contribution is 0.874. The highest BCUT2D eigenvalue weighted by Crippen LogP contribution is 2.29. The number of rotatable bonds is 2. The van der Waals surface area contributed by atoms with Crippen molar-refractivity contribution in [1.29, 1.82) is 0 Å². The van der Waals surface area contributed by atoms with Gasteiger partial charge >= 0.3 is 0 Å². The molecule has 3 heteroatoms. The molecule has 2 aromatic rings. The highest BCUT2D eigenvalue weighted by Gasteiger charge is 2.12. The first-order valence-electron chi connectivity index (χ1n) is 5.02. The second-order valence-corrected chi connectivity index (χ2v) is 4.63. The molecule has 0 aliphatic heterocycles. The average Bonchev–Trinajstić information content (AvgIpc) is 2.63. The Bertz CT molecular complexity index is 511. The van der Waals surface area contributed by atoms with E-state index in [1.54, 1.807) is 0 Å². The molecule has 0 radical (unpaired) electrons. The van der Waals surface area contributed by atoms with Crippen molar-refractivity contribution in [3.63, 3.8) is 0 Å². The van der Waals surface area contributed by atoms with Crippen LogP contribution in [0.5, 0.6) is 0 Å². The van der Waals surface area contributed by atoms with E-state index < -0.39 is 0 Å². The van der Waals surface area contributed by atoms with Crippen molar-refractivity contribution < 1.29 is 0 Å². The van der Waals surface area contributed by atoms with Gasteiger partial charge in [-0.1, -0.05) is 32.6 Å².